The molecule has 0 saturated carbocycles. The van der Waals surface area contributed by atoms with Gasteiger partial charge in [-0.05, 0) is 87.6 Å². The van der Waals surface area contributed by atoms with Gasteiger partial charge in [-0.15, -0.1) is 0 Å². The summed E-state index contributed by atoms with van der Waals surface area (Å²) in [6.45, 7) is 10.9. The topological polar surface area (TPSA) is 96.0 Å². The van der Waals surface area contributed by atoms with E-state index in [4.69, 9.17) is 4.74 Å². The minimum atomic E-state index is -4.13. The van der Waals surface area contributed by atoms with Gasteiger partial charge in [-0.25, -0.2) is 8.42 Å². The molecule has 2 amide bonds. The highest BCUT2D eigenvalue weighted by Crippen LogP contribution is 2.29. The van der Waals surface area contributed by atoms with Crippen LogP contribution in [0.1, 0.15) is 55.9 Å². The highest BCUT2D eigenvalue weighted by molar-refractivity contribution is 7.92. The van der Waals surface area contributed by atoms with Gasteiger partial charge in [0.2, 0.25) is 11.8 Å². The van der Waals surface area contributed by atoms with E-state index in [1.807, 2.05) is 71.9 Å². The average Bonchev–Trinajstić information content (AvgIpc) is 2.97. The van der Waals surface area contributed by atoms with Crippen LogP contribution < -0.4 is 14.4 Å². The molecule has 0 aliphatic rings. The van der Waals surface area contributed by atoms with E-state index in [1.165, 1.54) is 9.21 Å². The van der Waals surface area contributed by atoms with Crippen LogP contribution in [0.5, 0.6) is 5.75 Å². The Morgan fingerprint density at radius 2 is 1.57 bits per heavy atom. The number of benzene rings is 3. The summed E-state index contributed by atoms with van der Waals surface area (Å²) in [5.41, 5.74) is 3.68. The summed E-state index contributed by atoms with van der Waals surface area (Å²) in [4.78, 5) is 29.3. The number of ether oxygens (including phenoxy) is 1. The molecule has 3 aromatic carbocycles. The van der Waals surface area contributed by atoms with Crippen LogP contribution in [0.3, 0.4) is 0 Å². The largest absolute Gasteiger partial charge is 0.497 e. The minimum absolute atomic E-state index is 0.0753. The van der Waals surface area contributed by atoms with Crippen molar-refractivity contribution in [1.29, 1.82) is 0 Å². The van der Waals surface area contributed by atoms with Crippen LogP contribution in [-0.2, 0) is 26.2 Å². The molecule has 3 aromatic rings. The highest BCUT2D eigenvalue weighted by Gasteiger charge is 2.34. The lowest BCUT2D eigenvalue weighted by Gasteiger charge is -2.34. The van der Waals surface area contributed by atoms with Crippen molar-refractivity contribution in [2.45, 2.75) is 77.9 Å². The maximum absolute atomic E-state index is 14.3. The first-order chi connectivity index (χ1) is 19.9. The molecule has 9 heteroatoms. The normalized spacial score (nSPS) is 12.7. The molecule has 0 aliphatic carbocycles. The molecule has 0 spiro atoms. The Morgan fingerprint density at radius 1 is 0.905 bits per heavy atom. The third-order valence-electron chi connectivity index (χ3n) is 7.40. The quantitative estimate of drug-likeness (QED) is 0.281. The lowest BCUT2D eigenvalue weighted by molar-refractivity contribution is -0.140. The molecular formula is C33H43N3O5S. The predicted molar refractivity (Wildman–Crippen MR) is 167 cm³/mol. The Morgan fingerprint density at radius 3 is 2.19 bits per heavy atom. The molecule has 0 unspecified atom stereocenters. The summed E-state index contributed by atoms with van der Waals surface area (Å²) in [6.07, 6.45) is 1.09. The number of amides is 2. The third-order valence-corrected chi connectivity index (χ3v) is 9.17. The molecule has 8 nitrogen and oxygen atoms in total. The molecule has 42 heavy (non-hydrogen) atoms. The van der Waals surface area contributed by atoms with E-state index in [0.717, 1.165) is 23.1 Å². The van der Waals surface area contributed by atoms with Gasteiger partial charge in [0.15, 0.2) is 0 Å². The van der Waals surface area contributed by atoms with Gasteiger partial charge in [-0.3, -0.25) is 13.9 Å². The van der Waals surface area contributed by atoms with Gasteiger partial charge in [0.05, 0.1) is 17.7 Å². The number of rotatable bonds is 13. The van der Waals surface area contributed by atoms with Crippen LogP contribution in [0, 0.1) is 20.8 Å². The van der Waals surface area contributed by atoms with Crippen molar-refractivity contribution >= 4 is 27.5 Å². The lowest BCUT2D eigenvalue weighted by Crippen LogP contribution is -2.53. The number of carbonyl (C=O) groups is 2. The molecule has 0 aliphatic heterocycles. The fourth-order valence-corrected chi connectivity index (χ4v) is 6.14. The van der Waals surface area contributed by atoms with Crippen LogP contribution in [-0.4, -0.2) is 50.9 Å². The van der Waals surface area contributed by atoms with Crippen molar-refractivity contribution in [3.8, 4) is 5.75 Å². The van der Waals surface area contributed by atoms with Gasteiger partial charge in [0.25, 0.3) is 10.0 Å². The SMILES string of the molecule is CC[C@@H](C)NC(=O)[C@H](CC)N(Cc1cccc(OC)c1)C(=O)CN(c1cc(C)ccc1C)S(=O)(=O)c1ccc(C)cc1. The van der Waals surface area contributed by atoms with Crippen molar-refractivity contribution < 1.29 is 22.7 Å². The zero-order valence-corrected chi connectivity index (χ0v) is 26.5. The molecule has 0 saturated heterocycles. The maximum atomic E-state index is 14.3. The summed E-state index contributed by atoms with van der Waals surface area (Å²) in [5, 5.41) is 3.00. The van der Waals surface area contributed by atoms with E-state index in [0.29, 0.717) is 23.4 Å². The van der Waals surface area contributed by atoms with Gasteiger partial charge in [-0.1, -0.05) is 55.8 Å². The van der Waals surface area contributed by atoms with Gasteiger partial charge in [0, 0.05) is 12.6 Å². The van der Waals surface area contributed by atoms with E-state index in [1.54, 1.807) is 43.5 Å². The van der Waals surface area contributed by atoms with Gasteiger partial charge in [0.1, 0.15) is 18.3 Å². The maximum Gasteiger partial charge on any atom is 0.264 e. The summed E-state index contributed by atoms with van der Waals surface area (Å²) in [6, 6.07) is 18.5. The number of sulfonamides is 1. The summed E-state index contributed by atoms with van der Waals surface area (Å²) < 4.78 is 34.8. The zero-order valence-electron chi connectivity index (χ0n) is 25.7. The Hall–Kier alpha value is -3.85. The van der Waals surface area contributed by atoms with Gasteiger partial charge in [-0.2, -0.15) is 0 Å². The Bertz CT molecular complexity index is 1490. The van der Waals surface area contributed by atoms with E-state index in [9.17, 15) is 18.0 Å². The van der Waals surface area contributed by atoms with E-state index >= 15 is 0 Å². The Labute approximate surface area is 250 Å². The van der Waals surface area contributed by atoms with Crippen LogP contribution in [0.25, 0.3) is 0 Å². The molecule has 3 rings (SSSR count). The van der Waals surface area contributed by atoms with E-state index in [2.05, 4.69) is 5.32 Å². The fraction of sp³-hybridized carbons (Fsp3) is 0.394. The third kappa shape index (κ3) is 7.91. The minimum Gasteiger partial charge on any atom is -0.497 e. The second-order valence-electron chi connectivity index (χ2n) is 10.7. The number of hydrogen-bond donors (Lipinski definition) is 1. The van der Waals surface area contributed by atoms with E-state index in [-0.39, 0.29) is 23.4 Å². The first-order valence-corrected chi connectivity index (χ1v) is 15.7. The average molecular weight is 594 g/mol. The summed E-state index contributed by atoms with van der Waals surface area (Å²) in [7, 11) is -2.57. The van der Waals surface area contributed by atoms with Crippen LogP contribution >= 0.6 is 0 Å². The number of nitrogens with zero attached hydrogens (tertiary/aromatic N) is 2. The molecule has 0 radical (unpaired) electrons. The lowest BCUT2D eigenvalue weighted by atomic mass is 10.1. The number of aryl methyl sites for hydroxylation is 3. The van der Waals surface area contributed by atoms with E-state index < -0.39 is 28.5 Å². The van der Waals surface area contributed by atoms with Crippen LogP contribution in [0.4, 0.5) is 5.69 Å². The molecule has 0 bridgehead atoms. The molecule has 226 valence electrons. The van der Waals surface area contributed by atoms with Crippen molar-refractivity contribution in [2.24, 2.45) is 0 Å². The Kier molecular flexibility index (Phi) is 11.2. The number of nitrogens with one attached hydrogen (secondary N) is 1. The van der Waals surface area contributed by atoms with Crippen molar-refractivity contribution in [2.75, 3.05) is 18.0 Å². The van der Waals surface area contributed by atoms with Gasteiger partial charge >= 0.3 is 0 Å². The predicted octanol–water partition coefficient (Wildman–Crippen LogP) is 5.54. The van der Waals surface area contributed by atoms with Crippen molar-refractivity contribution in [3.63, 3.8) is 0 Å². The standard InChI is InChI=1S/C33H43N3O5S/c1-8-26(6)34-33(38)30(9-2)35(21-27-11-10-12-28(20-27)41-7)32(37)22-36(31-19-24(4)13-16-25(31)5)42(39,40)29-17-14-23(3)15-18-29/h10-20,26,30H,8-9,21-22H2,1-7H3,(H,34,38)/t26-,30+/m1/s1. The monoisotopic (exact) mass is 593 g/mol. The number of carbonyl (C=O) groups excluding carboxylic acids is 2. The van der Waals surface area contributed by atoms with Crippen molar-refractivity contribution in [3.05, 3.63) is 89.0 Å². The number of anilines is 1. The number of hydrogen-bond acceptors (Lipinski definition) is 5. The smallest absolute Gasteiger partial charge is 0.264 e. The fourth-order valence-electron chi connectivity index (χ4n) is 4.67. The first kappa shape index (κ1) is 32.7. The second kappa shape index (κ2) is 14.4. The Balaban J connectivity index is 2.11. The first-order valence-electron chi connectivity index (χ1n) is 14.3. The number of methoxy groups -OCH3 is 1. The second-order valence-corrected chi connectivity index (χ2v) is 12.6. The zero-order chi connectivity index (χ0) is 31.0. The van der Waals surface area contributed by atoms with Gasteiger partial charge < -0.3 is 15.0 Å². The molecule has 2 atom stereocenters. The molecule has 0 fully saturated rings. The summed E-state index contributed by atoms with van der Waals surface area (Å²) in [5.74, 6) is -0.140. The molecule has 0 aromatic heterocycles. The molecular weight excluding hydrogens is 550 g/mol. The van der Waals surface area contributed by atoms with Crippen LogP contribution in [0.2, 0.25) is 0 Å². The van der Waals surface area contributed by atoms with Crippen molar-refractivity contribution in [1.82, 2.24) is 10.2 Å². The highest BCUT2D eigenvalue weighted by atomic mass is 32.2. The summed E-state index contributed by atoms with van der Waals surface area (Å²) >= 11 is 0. The molecule has 1 N–H and O–H groups in total. The van der Waals surface area contributed by atoms with Crippen LogP contribution in [0.15, 0.2) is 71.6 Å². The molecule has 0 heterocycles.